The molecule has 0 aromatic heterocycles. The Morgan fingerprint density at radius 1 is 0.947 bits per heavy atom. The van der Waals surface area contributed by atoms with Gasteiger partial charge < -0.3 is 10.1 Å². The van der Waals surface area contributed by atoms with Gasteiger partial charge in [-0.25, -0.2) is 0 Å². The maximum atomic E-state index is 5.82. The van der Waals surface area contributed by atoms with Gasteiger partial charge in [0.1, 0.15) is 0 Å². The van der Waals surface area contributed by atoms with Crippen molar-refractivity contribution in [1.29, 1.82) is 0 Å². The summed E-state index contributed by atoms with van der Waals surface area (Å²) in [5.41, 5.74) is 0.267. The van der Waals surface area contributed by atoms with Crippen molar-refractivity contribution in [3.05, 3.63) is 0 Å². The lowest BCUT2D eigenvalue weighted by atomic mass is 9.90. The number of nitrogens with one attached hydrogen (secondary N) is 1. The molecule has 0 atom stereocenters. The van der Waals surface area contributed by atoms with Crippen molar-refractivity contribution in [3.8, 4) is 0 Å². The van der Waals surface area contributed by atoms with Crippen molar-refractivity contribution in [3.63, 3.8) is 0 Å². The lowest BCUT2D eigenvalue weighted by Crippen LogP contribution is -2.36. The topological polar surface area (TPSA) is 21.3 Å². The molecule has 19 heavy (non-hydrogen) atoms. The number of ether oxygens (including phenoxy) is 1. The third-order valence-corrected chi connectivity index (χ3v) is 3.95. The average Bonchev–Trinajstić information content (AvgIpc) is 2.37. The molecule has 0 aromatic rings. The van der Waals surface area contributed by atoms with Gasteiger partial charge in [-0.3, -0.25) is 0 Å². The van der Waals surface area contributed by atoms with E-state index in [1.165, 1.54) is 57.8 Å². The highest BCUT2D eigenvalue weighted by molar-refractivity contribution is 4.69. The Labute approximate surface area is 120 Å². The summed E-state index contributed by atoms with van der Waals surface area (Å²) in [6.45, 7) is 9.82. The molecule has 0 saturated heterocycles. The minimum atomic E-state index is 0.267. The van der Waals surface area contributed by atoms with Crippen molar-refractivity contribution in [2.24, 2.45) is 5.92 Å². The maximum Gasteiger partial charge on any atom is 0.0494 e. The van der Waals surface area contributed by atoms with E-state index >= 15 is 0 Å². The molecule has 0 spiro atoms. The molecule has 1 N–H and O–H groups in total. The summed E-state index contributed by atoms with van der Waals surface area (Å²) in [5.74, 6) is 0.865. The zero-order chi connectivity index (χ0) is 14.0. The normalized spacial score (nSPS) is 17.8. The Balaban J connectivity index is 1.78. The fourth-order valence-corrected chi connectivity index (χ4v) is 2.75. The van der Waals surface area contributed by atoms with Crippen LogP contribution in [-0.2, 0) is 4.74 Å². The van der Waals surface area contributed by atoms with Gasteiger partial charge in [-0.05, 0) is 58.9 Å². The van der Waals surface area contributed by atoms with E-state index in [4.69, 9.17) is 4.74 Å². The van der Waals surface area contributed by atoms with E-state index < -0.39 is 0 Å². The van der Waals surface area contributed by atoms with Gasteiger partial charge in [-0.15, -0.1) is 0 Å². The van der Waals surface area contributed by atoms with E-state index in [0.29, 0.717) is 0 Å². The molecule has 0 aliphatic heterocycles. The quantitative estimate of drug-likeness (QED) is 0.621. The Kier molecular flexibility index (Phi) is 8.72. The van der Waals surface area contributed by atoms with Crippen LogP contribution in [0.2, 0.25) is 0 Å². The number of rotatable bonds is 9. The molecule has 114 valence electrons. The van der Waals surface area contributed by atoms with Gasteiger partial charge in [0.15, 0.2) is 0 Å². The first-order valence-electron chi connectivity index (χ1n) is 8.41. The van der Waals surface area contributed by atoms with Gasteiger partial charge in [0, 0.05) is 18.8 Å². The zero-order valence-corrected chi connectivity index (χ0v) is 13.5. The number of hydrogen-bond donors (Lipinski definition) is 1. The second-order valence-electron chi connectivity index (χ2n) is 7.17. The van der Waals surface area contributed by atoms with Gasteiger partial charge >= 0.3 is 0 Å². The fourth-order valence-electron chi connectivity index (χ4n) is 2.75. The van der Waals surface area contributed by atoms with Crippen LogP contribution >= 0.6 is 0 Å². The third-order valence-electron chi connectivity index (χ3n) is 3.95. The molecule has 0 heterocycles. The van der Waals surface area contributed by atoms with E-state index in [1.54, 1.807) is 0 Å². The predicted molar refractivity (Wildman–Crippen MR) is 83.6 cm³/mol. The molecule has 0 amide bonds. The van der Waals surface area contributed by atoms with Crippen molar-refractivity contribution in [1.82, 2.24) is 5.32 Å². The van der Waals surface area contributed by atoms with Gasteiger partial charge in [-0.1, -0.05) is 32.1 Å². The van der Waals surface area contributed by atoms with Gasteiger partial charge in [0.2, 0.25) is 0 Å². The molecule has 1 rings (SSSR count). The molecular formula is C17H35NO. The molecule has 1 aliphatic carbocycles. The van der Waals surface area contributed by atoms with Crippen molar-refractivity contribution in [2.45, 2.75) is 84.1 Å². The fraction of sp³-hybridized carbons (Fsp3) is 1.00. The molecular weight excluding hydrogens is 234 g/mol. The Morgan fingerprint density at radius 3 is 2.32 bits per heavy atom. The van der Waals surface area contributed by atoms with E-state index in [1.807, 2.05) is 0 Å². The number of hydrogen-bond acceptors (Lipinski definition) is 2. The summed E-state index contributed by atoms with van der Waals surface area (Å²) >= 11 is 0. The Bertz CT molecular complexity index is 204. The van der Waals surface area contributed by atoms with E-state index in [9.17, 15) is 0 Å². The highest BCUT2D eigenvalue weighted by Gasteiger charge is 2.12. The van der Waals surface area contributed by atoms with Crippen LogP contribution in [0.4, 0.5) is 0 Å². The average molecular weight is 269 g/mol. The summed E-state index contributed by atoms with van der Waals surface area (Å²) in [6.07, 6.45) is 12.3. The number of unbranched alkanes of at least 4 members (excludes halogenated alkanes) is 3. The molecule has 2 nitrogen and oxygen atoms in total. The minimum Gasteiger partial charge on any atom is -0.381 e. The van der Waals surface area contributed by atoms with Gasteiger partial charge in [0.25, 0.3) is 0 Å². The first-order chi connectivity index (χ1) is 9.08. The van der Waals surface area contributed by atoms with Crippen LogP contribution < -0.4 is 5.32 Å². The van der Waals surface area contributed by atoms with Gasteiger partial charge in [0.05, 0.1) is 0 Å². The molecule has 1 aliphatic rings. The van der Waals surface area contributed by atoms with Crippen molar-refractivity contribution >= 4 is 0 Å². The third kappa shape index (κ3) is 10.4. The molecule has 1 fully saturated rings. The summed E-state index contributed by atoms with van der Waals surface area (Å²) in [7, 11) is 0. The van der Waals surface area contributed by atoms with E-state index in [-0.39, 0.29) is 5.54 Å². The van der Waals surface area contributed by atoms with Crippen LogP contribution in [0, 0.1) is 5.92 Å². The van der Waals surface area contributed by atoms with Crippen LogP contribution in [-0.4, -0.2) is 25.3 Å². The molecule has 0 unspecified atom stereocenters. The van der Waals surface area contributed by atoms with Crippen molar-refractivity contribution in [2.75, 3.05) is 19.8 Å². The maximum absolute atomic E-state index is 5.82. The molecule has 0 aromatic carbocycles. The van der Waals surface area contributed by atoms with Crippen LogP contribution in [0.3, 0.4) is 0 Å². The SMILES string of the molecule is CC(C)(C)NCCCCCCOCC1CCCCC1. The molecule has 0 bridgehead atoms. The molecule has 2 heteroatoms. The highest BCUT2D eigenvalue weighted by Crippen LogP contribution is 2.23. The smallest absolute Gasteiger partial charge is 0.0494 e. The highest BCUT2D eigenvalue weighted by atomic mass is 16.5. The lowest BCUT2D eigenvalue weighted by Gasteiger charge is -2.21. The molecule has 1 saturated carbocycles. The Morgan fingerprint density at radius 2 is 1.63 bits per heavy atom. The van der Waals surface area contributed by atoms with Crippen molar-refractivity contribution < 1.29 is 4.74 Å². The second-order valence-corrected chi connectivity index (χ2v) is 7.17. The Hall–Kier alpha value is -0.0800. The monoisotopic (exact) mass is 269 g/mol. The van der Waals surface area contributed by atoms with E-state index in [0.717, 1.165) is 25.7 Å². The second kappa shape index (κ2) is 9.77. The van der Waals surface area contributed by atoms with Crippen LogP contribution in [0.25, 0.3) is 0 Å². The predicted octanol–water partition coefficient (Wildman–Crippen LogP) is 4.53. The van der Waals surface area contributed by atoms with Crippen LogP contribution in [0.1, 0.15) is 78.6 Å². The first kappa shape index (κ1) is 17.0. The largest absolute Gasteiger partial charge is 0.381 e. The standard InChI is InChI=1S/C17H35NO/c1-17(2,3)18-13-9-4-5-10-14-19-15-16-11-7-6-8-12-16/h16,18H,4-15H2,1-3H3. The first-order valence-corrected chi connectivity index (χ1v) is 8.41. The van der Waals surface area contributed by atoms with Crippen LogP contribution in [0.15, 0.2) is 0 Å². The minimum absolute atomic E-state index is 0.267. The summed E-state index contributed by atoms with van der Waals surface area (Å²) in [5, 5.41) is 3.54. The van der Waals surface area contributed by atoms with E-state index in [2.05, 4.69) is 26.1 Å². The van der Waals surface area contributed by atoms with Gasteiger partial charge in [-0.2, -0.15) is 0 Å². The lowest BCUT2D eigenvalue weighted by molar-refractivity contribution is 0.0824. The zero-order valence-electron chi connectivity index (χ0n) is 13.5. The van der Waals surface area contributed by atoms with Crippen LogP contribution in [0.5, 0.6) is 0 Å². The summed E-state index contributed by atoms with van der Waals surface area (Å²) in [4.78, 5) is 0. The summed E-state index contributed by atoms with van der Waals surface area (Å²) in [6, 6.07) is 0. The summed E-state index contributed by atoms with van der Waals surface area (Å²) < 4.78 is 5.82. The molecule has 0 radical (unpaired) electrons.